The van der Waals surface area contributed by atoms with Gasteiger partial charge in [0.05, 0.1) is 13.2 Å². The number of unbranched alkanes of at least 4 members (excludes halogenated alkanes) is 2. The Labute approximate surface area is 132 Å². The molecule has 5 heteroatoms. The van der Waals surface area contributed by atoms with Crippen LogP contribution < -0.4 is 10.1 Å². The lowest BCUT2D eigenvalue weighted by Crippen LogP contribution is -2.11. The van der Waals surface area contributed by atoms with Gasteiger partial charge in [0.15, 0.2) is 0 Å². The number of carbonyl (C=O) groups excluding carboxylic acids is 2. The molecule has 1 aromatic rings. The number of hydrogen-bond acceptors (Lipinski definition) is 4. The monoisotopic (exact) mass is 307 g/mol. The van der Waals surface area contributed by atoms with Gasteiger partial charge in [-0.05, 0) is 38.8 Å². The van der Waals surface area contributed by atoms with Gasteiger partial charge in [-0.15, -0.1) is 0 Å². The van der Waals surface area contributed by atoms with Crippen molar-refractivity contribution >= 4 is 17.6 Å². The first-order valence-corrected chi connectivity index (χ1v) is 7.84. The Kier molecular flexibility index (Phi) is 8.72. The first kappa shape index (κ1) is 18.0. The third-order valence-electron chi connectivity index (χ3n) is 3.02. The molecule has 0 aliphatic rings. The van der Waals surface area contributed by atoms with Crippen LogP contribution in [0.4, 0.5) is 5.69 Å². The van der Waals surface area contributed by atoms with Gasteiger partial charge in [0.2, 0.25) is 5.91 Å². The van der Waals surface area contributed by atoms with E-state index in [2.05, 4.69) is 5.32 Å². The number of carbonyl (C=O) groups is 2. The van der Waals surface area contributed by atoms with E-state index in [1.54, 1.807) is 6.92 Å². The Morgan fingerprint density at radius 3 is 2.55 bits per heavy atom. The van der Waals surface area contributed by atoms with Crippen LogP contribution in [-0.2, 0) is 14.3 Å². The third-order valence-corrected chi connectivity index (χ3v) is 3.02. The van der Waals surface area contributed by atoms with Crippen LogP contribution in [0.5, 0.6) is 5.75 Å². The third kappa shape index (κ3) is 7.67. The van der Waals surface area contributed by atoms with E-state index in [1.165, 1.54) is 0 Å². The number of rotatable bonds is 10. The molecule has 5 nitrogen and oxygen atoms in total. The molecule has 0 saturated carbocycles. The van der Waals surface area contributed by atoms with E-state index in [9.17, 15) is 9.59 Å². The molecular weight excluding hydrogens is 282 g/mol. The zero-order valence-corrected chi connectivity index (χ0v) is 13.4. The highest BCUT2D eigenvalue weighted by atomic mass is 16.5. The second kappa shape index (κ2) is 10.7. The molecule has 0 radical (unpaired) electrons. The lowest BCUT2D eigenvalue weighted by molar-refractivity contribution is -0.143. The Balaban J connectivity index is 2.20. The van der Waals surface area contributed by atoms with E-state index < -0.39 is 0 Å². The molecule has 1 aromatic carbocycles. The largest absolute Gasteiger partial charge is 0.494 e. The molecule has 0 bridgehead atoms. The van der Waals surface area contributed by atoms with E-state index in [-0.39, 0.29) is 11.9 Å². The summed E-state index contributed by atoms with van der Waals surface area (Å²) in [5.74, 6) is 0.555. The van der Waals surface area contributed by atoms with Crippen molar-refractivity contribution in [1.82, 2.24) is 0 Å². The minimum Gasteiger partial charge on any atom is -0.494 e. The second-order valence-electron chi connectivity index (χ2n) is 4.87. The molecule has 0 fully saturated rings. The van der Waals surface area contributed by atoms with Crippen LogP contribution >= 0.6 is 0 Å². The molecule has 0 heterocycles. The molecule has 0 saturated heterocycles. The van der Waals surface area contributed by atoms with Crippen molar-refractivity contribution in [3.05, 3.63) is 24.3 Å². The Hall–Kier alpha value is -2.04. The predicted molar refractivity (Wildman–Crippen MR) is 86.0 cm³/mol. The van der Waals surface area contributed by atoms with Crippen LogP contribution in [0.25, 0.3) is 0 Å². The Bertz CT molecular complexity index is 473. The first-order valence-electron chi connectivity index (χ1n) is 7.84. The molecule has 1 amide bonds. The summed E-state index contributed by atoms with van der Waals surface area (Å²) >= 11 is 0. The van der Waals surface area contributed by atoms with E-state index >= 15 is 0 Å². The van der Waals surface area contributed by atoms with Gasteiger partial charge in [-0.25, -0.2) is 0 Å². The Morgan fingerprint density at radius 1 is 1.05 bits per heavy atom. The van der Waals surface area contributed by atoms with Crippen LogP contribution in [0.2, 0.25) is 0 Å². The summed E-state index contributed by atoms with van der Waals surface area (Å²) < 4.78 is 10.2. The normalized spacial score (nSPS) is 10.1. The average molecular weight is 307 g/mol. The number of hydrogen-bond donors (Lipinski definition) is 1. The average Bonchev–Trinajstić information content (AvgIpc) is 2.48. The van der Waals surface area contributed by atoms with Crippen molar-refractivity contribution in [1.29, 1.82) is 0 Å². The number of nitrogens with one attached hydrogen (secondary N) is 1. The van der Waals surface area contributed by atoms with E-state index in [1.807, 2.05) is 31.2 Å². The van der Waals surface area contributed by atoms with E-state index in [0.717, 1.165) is 30.7 Å². The fourth-order valence-corrected chi connectivity index (χ4v) is 2.02. The minimum absolute atomic E-state index is 0.0233. The Morgan fingerprint density at radius 2 is 1.82 bits per heavy atom. The molecule has 1 rings (SSSR count). The highest BCUT2D eigenvalue weighted by molar-refractivity contribution is 5.90. The van der Waals surface area contributed by atoms with Crippen molar-refractivity contribution in [2.24, 2.45) is 0 Å². The molecule has 0 aromatic heterocycles. The van der Waals surface area contributed by atoms with Crippen LogP contribution in [0.15, 0.2) is 24.3 Å². The van der Waals surface area contributed by atoms with Crippen LogP contribution in [-0.4, -0.2) is 25.1 Å². The van der Waals surface area contributed by atoms with Gasteiger partial charge < -0.3 is 14.8 Å². The van der Waals surface area contributed by atoms with Crippen LogP contribution in [0.3, 0.4) is 0 Å². The smallest absolute Gasteiger partial charge is 0.305 e. The van der Waals surface area contributed by atoms with Gasteiger partial charge in [0, 0.05) is 24.6 Å². The maximum atomic E-state index is 11.8. The van der Waals surface area contributed by atoms with Gasteiger partial charge in [-0.1, -0.05) is 12.5 Å². The minimum atomic E-state index is -0.167. The molecule has 122 valence electrons. The number of amides is 1. The van der Waals surface area contributed by atoms with E-state index in [0.29, 0.717) is 26.1 Å². The second-order valence-corrected chi connectivity index (χ2v) is 4.87. The van der Waals surface area contributed by atoms with Crippen molar-refractivity contribution in [2.75, 3.05) is 18.5 Å². The number of anilines is 1. The van der Waals surface area contributed by atoms with Crippen LogP contribution in [0, 0.1) is 0 Å². The summed E-state index contributed by atoms with van der Waals surface area (Å²) in [6.45, 7) is 4.73. The number of ether oxygens (including phenoxy) is 2. The zero-order valence-electron chi connectivity index (χ0n) is 13.4. The summed E-state index contributed by atoms with van der Waals surface area (Å²) in [7, 11) is 0. The summed E-state index contributed by atoms with van der Waals surface area (Å²) in [4.78, 5) is 23.0. The van der Waals surface area contributed by atoms with Crippen LogP contribution in [0.1, 0.15) is 46.0 Å². The summed E-state index contributed by atoms with van der Waals surface area (Å²) in [5.41, 5.74) is 0.738. The van der Waals surface area contributed by atoms with Crippen molar-refractivity contribution in [3.63, 3.8) is 0 Å². The molecule has 0 unspecified atom stereocenters. The quantitative estimate of drug-likeness (QED) is 0.530. The number of esters is 1. The number of benzene rings is 1. The fraction of sp³-hybridized carbons (Fsp3) is 0.529. The lowest BCUT2D eigenvalue weighted by atomic mass is 10.1. The fourth-order valence-electron chi connectivity index (χ4n) is 2.02. The molecule has 0 aliphatic carbocycles. The molecule has 1 N–H and O–H groups in total. The SMILES string of the molecule is CCOC(=O)CCCCCC(=O)Nc1cccc(OCC)c1. The summed E-state index contributed by atoms with van der Waals surface area (Å²) in [5, 5.41) is 2.85. The zero-order chi connectivity index (χ0) is 16.2. The predicted octanol–water partition coefficient (Wildman–Crippen LogP) is 3.54. The summed E-state index contributed by atoms with van der Waals surface area (Å²) in [6, 6.07) is 7.35. The van der Waals surface area contributed by atoms with Crippen molar-refractivity contribution in [2.45, 2.75) is 46.0 Å². The van der Waals surface area contributed by atoms with Crippen molar-refractivity contribution < 1.29 is 19.1 Å². The van der Waals surface area contributed by atoms with Gasteiger partial charge in [-0.3, -0.25) is 9.59 Å². The molecular formula is C17H25NO4. The summed E-state index contributed by atoms with van der Waals surface area (Å²) in [6.07, 6.45) is 3.22. The van der Waals surface area contributed by atoms with E-state index in [4.69, 9.17) is 9.47 Å². The first-order chi connectivity index (χ1) is 10.7. The van der Waals surface area contributed by atoms with Gasteiger partial charge in [0.1, 0.15) is 5.75 Å². The van der Waals surface area contributed by atoms with Gasteiger partial charge in [-0.2, -0.15) is 0 Å². The van der Waals surface area contributed by atoms with Gasteiger partial charge in [0.25, 0.3) is 0 Å². The molecule has 0 spiro atoms. The van der Waals surface area contributed by atoms with Gasteiger partial charge >= 0.3 is 5.97 Å². The van der Waals surface area contributed by atoms with Crippen molar-refractivity contribution in [3.8, 4) is 5.75 Å². The lowest BCUT2D eigenvalue weighted by Gasteiger charge is -2.08. The topological polar surface area (TPSA) is 64.6 Å². The molecule has 0 atom stereocenters. The highest BCUT2D eigenvalue weighted by Crippen LogP contribution is 2.17. The molecule has 0 aliphatic heterocycles. The molecule has 22 heavy (non-hydrogen) atoms. The maximum absolute atomic E-state index is 11.8. The maximum Gasteiger partial charge on any atom is 0.305 e. The standard InChI is InChI=1S/C17H25NO4/c1-3-21-15-10-8-9-14(13-15)18-16(19)11-6-5-7-12-17(20)22-4-2/h8-10,13H,3-7,11-12H2,1-2H3,(H,18,19). The highest BCUT2D eigenvalue weighted by Gasteiger charge is 2.05.